The van der Waals surface area contributed by atoms with E-state index in [0.29, 0.717) is 139 Å². The lowest BCUT2D eigenvalue weighted by Gasteiger charge is -2.17. The van der Waals surface area contributed by atoms with Crippen molar-refractivity contribution in [3.63, 3.8) is 0 Å². The third-order valence-corrected chi connectivity index (χ3v) is 19.0. The minimum absolute atomic E-state index is 0.114. The molecule has 1 radical (unpaired) electrons. The van der Waals surface area contributed by atoms with Crippen LogP contribution in [0.3, 0.4) is 0 Å². The number of hydrogen-bond donors (Lipinski definition) is 0. The highest BCUT2D eigenvalue weighted by Gasteiger charge is 2.17. The van der Waals surface area contributed by atoms with Gasteiger partial charge in [-0.25, -0.2) is 0 Å². The molecule has 0 spiro atoms. The molecule has 0 aromatic heterocycles. The summed E-state index contributed by atoms with van der Waals surface area (Å²) in [4.78, 5) is 0. The summed E-state index contributed by atoms with van der Waals surface area (Å²) in [6.45, 7) is 8.23. The first-order valence-corrected chi connectivity index (χ1v) is 39.6. The van der Waals surface area contributed by atoms with Gasteiger partial charge in [-0.05, 0) is 175 Å². The zero-order chi connectivity index (χ0) is 80.7. The second-order valence-electron chi connectivity index (χ2n) is 28.6. The fourth-order valence-corrected chi connectivity index (χ4v) is 13.0. The highest BCUT2D eigenvalue weighted by atomic mass is 16.5. The SMILES string of the molecule is [CH2]c1cc(OCc2cc(OCc3cc(OCc4ccccc4)cc(OCc4ccccc4)c3)cc(OCc3cc(OCc4ccccc4)cc(OCc4ccccc4)c3)c2)cc(OCc2cc(OCc3cc(OCc4ccccc4)cc(OCc4ccccc4)c3)cc(OCc3cc(OCc4ccccc4)cc(OCc4ccccc4)c3)c2)c1. The third-order valence-electron chi connectivity index (χ3n) is 19.0. The molecule has 15 aromatic rings. The van der Waals surface area contributed by atoms with Crippen LogP contribution in [0.2, 0.25) is 0 Å². The first-order chi connectivity index (χ1) is 58.7. The molecule has 0 aliphatic rings. The van der Waals surface area contributed by atoms with E-state index in [9.17, 15) is 0 Å². The van der Waals surface area contributed by atoms with Crippen LogP contribution in [0.5, 0.6) is 80.5 Å². The van der Waals surface area contributed by atoms with Gasteiger partial charge in [0.05, 0.1) is 0 Å². The summed E-state index contributed by atoms with van der Waals surface area (Å²) < 4.78 is 91.8. The monoisotopic (exact) mass is 1580 g/mol. The lowest BCUT2D eigenvalue weighted by molar-refractivity contribution is 0.270. The number of hydrogen-bond acceptors (Lipinski definition) is 14. The highest BCUT2D eigenvalue weighted by molar-refractivity contribution is 5.47. The van der Waals surface area contributed by atoms with Gasteiger partial charge in [0.1, 0.15) is 173 Å². The Hall–Kier alpha value is -14.5. The van der Waals surface area contributed by atoms with Crippen molar-refractivity contribution in [3.8, 4) is 80.5 Å². The van der Waals surface area contributed by atoms with Crippen molar-refractivity contribution in [1.82, 2.24) is 0 Å². The van der Waals surface area contributed by atoms with Crippen molar-refractivity contribution in [3.05, 3.63) is 460 Å². The maximum absolute atomic E-state index is 6.76. The Morgan fingerprint density at radius 1 is 0.118 bits per heavy atom. The van der Waals surface area contributed by atoms with Crippen LogP contribution in [0.15, 0.2) is 370 Å². The second kappa shape index (κ2) is 41.7. The molecular formula is C105H91O14. The van der Waals surface area contributed by atoms with E-state index in [1.54, 1.807) is 0 Å². The Labute approximate surface area is 695 Å². The van der Waals surface area contributed by atoms with E-state index in [0.717, 1.165) is 77.9 Å². The minimum Gasteiger partial charge on any atom is -0.489 e. The van der Waals surface area contributed by atoms with Crippen LogP contribution in [0.4, 0.5) is 0 Å². The molecule has 15 aromatic carbocycles. The van der Waals surface area contributed by atoms with Crippen molar-refractivity contribution < 1.29 is 66.3 Å². The normalized spacial score (nSPS) is 10.9. The van der Waals surface area contributed by atoms with Crippen LogP contribution in [-0.4, -0.2) is 0 Å². The van der Waals surface area contributed by atoms with Gasteiger partial charge in [-0.3, -0.25) is 0 Å². The average molecular weight is 1580 g/mol. The summed E-state index contributed by atoms with van der Waals surface area (Å²) in [5.74, 6) is 8.33. The van der Waals surface area contributed by atoms with Gasteiger partial charge in [-0.1, -0.05) is 243 Å². The fourth-order valence-electron chi connectivity index (χ4n) is 13.0. The van der Waals surface area contributed by atoms with Gasteiger partial charge in [0, 0.05) is 42.5 Å². The molecule has 0 aliphatic heterocycles. The van der Waals surface area contributed by atoms with Gasteiger partial charge in [0.25, 0.3) is 0 Å². The van der Waals surface area contributed by atoms with Crippen LogP contribution in [0, 0.1) is 6.92 Å². The Morgan fingerprint density at radius 3 is 0.336 bits per heavy atom. The molecule has 0 fully saturated rings. The molecule has 0 unspecified atom stereocenters. The molecule has 0 saturated heterocycles. The molecule has 15 rings (SSSR count). The fraction of sp³-hybridized carbons (Fsp3) is 0.133. The summed E-state index contributed by atoms with van der Waals surface area (Å²) in [5.41, 5.74) is 13.8. The molecule has 14 nitrogen and oxygen atoms in total. The van der Waals surface area contributed by atoms with Crippen molar-refractivity contribution in [2.75, 3.05) is 0 Å². The first-order valence-electron chi connectivity index (χ1n) is 39.6. The lowest BCUT2D eigenvalue weighted by atomic mass is 10.1. The predicted octanol–water partition coefficient (Wildman–Crippen LogP) is 24.0. The van der Waals surface area contributed by atoms with Gasteiger partial charge in [0.15, 0.2) is 0 Å². The summed E-state index contributed by atoms with van der Waals surface area (Å²) in [7, 11) is 0. The molecule has 119 heavy (non-hydrogen) atoms. The topological polar surface area (TPSA) is 129 Å². The van der Waals surface area contributed by atoms with Crippen LogP contribution in [0.25, 0.3) is 0 Å². The quantitative estimate of drug-likeness (QED) is 0.0360. The van der Waals surface area contributed by atoms with Crippen LogP contribution in [-0.2, 0) is 92.5 Å². The van der Waals surface area contributed by atoms with Crippen LogP contribution in [0.1, 0.15) is 83.5 Å². The number of benzene rings is 15. The van der Waals surface area contributed by atoms with Crippen molar-refractivity contribution >= 4 is 0 Å². The molecule has 0 amide bonds. The van der Waals surface area contributed by atoms with Crippen molar-refractivity contribution in [2.24, 2.45) is 0 Å². The first kappa shape index (κ1) is 79.7. The Kier molecular flexibility index (Phi) is 27.9. The van der Waals surface area contributed by atoms with E-state index in [1.165, 1.54) is 0 Å². The molecule has 595 valence electrons. The molecule has 0 bridgehead atoms. The van der Waals surface area contributed by atoms with Crippen LogP contribution >= 0.6 is 0 Å². The van der Waals surface area contributed by atoms with Gasteiger partial charge in [-0.15, -0.1) is 0 Å². The van der Waals surface area contributed by atoms with Gasteiger partial charge in [-0.2, -0.15) is 0 Å². The van der Waals surface area contributed by atoms with E-state index in [2.05, 4.69) is 6.92 Å². The lowest BCUT2D eigenvalue weighted by Crippen LogP contribution is -2.04. The van der Waals surface area contributed by atoms with E-state index in [4.69, 9.17) is 66.3 Å². The number of rotatable bonds is 42. The standard InChI is InChI=1S/C105H91O14/c1-77-42-92(114-71-86-52-102(116-73-88-44-94(106-63-78-26-10-2-11-27-78)57-95(45-88)107-64-79-28-12-3-13-29-79)61-103(53-86)117-74-89-46-96(108-65-80-30-14-4-15-31-80)58-97(47-89)109-66-81-32-16-5-17-33-81)56-93(43-77)115-72-87-54-104(118-75-90-48-98(110-67-82-34-18-6-19-35-82)59-99(49-90)111-68-83-36-20-7-21-37-83)62-105(55-87)119-76-91-50-100(112-69-84-38-22-8-23-39-84)60-101(51-91)113-70-85-40-24-9-25-41-85/h2-62H,1,63-76H2. The van der Waals surface area contributed by atoms with E-state index < -0.39 is 0 Å². The van der Waals surface area contributed by atoms with Gasteiger partial charge < -0.3 is 66.3 Å². The van der Waals surface area contributed by atoms with E-state index in [-0.39, 0.29) is 39.6 Å². The van der Waals surface area contributed by atoms with Gasteiger partial charge >= 0.3 is 0 Å². The number of ether oxygens (including phenoxy) is 14. The van der Waals surface area contributed by atoms with Crippen molar-refractivity contribution in [1.29, 1.82) is 0 Å². The molecular weight excluding hydrogens is 1490 g/mol. The average Bonchev–Trinajstić information content (AvgIpc) is 0.812. The Balaban J connectivity index is 0.691. The third kappa shape index (κ3) is 25.7. The zero-order valence-electron chi connectivity index (χ0n) is 66.0. The summed E-state index contributed by atoms with van der Waals surface area (Å²) in [6, 6.07) is 121. The van der Waals surface area contributed by atoms with Gasteiger partial charge in [0.2, 0.25) is 0 Å². The second-order valence-corrected chi connectivity index (χ2v) is 28.6. The maximum atomic E-state index is 6.76. The highest BCUT2D eigenvalue weighted by Crippen LogP contribution is 2.36. The predicted molar refractivity (Wildman–Crippen MR) is 462 cm³/mol. The molecule has 0 N–H and O–H groups in total. The summed E-state index contributed by atoms with van der Waals surface area (Å²) >= 11 is 0. The minimum atomic E-state index is 0.114. The Bertz CT molecular complexity index is 4740. The molecule has 0 heterocycles. The smallest absolute Gasteiger partial charge is 0.123 e. The van der Waals surface area contributed by atoms with Crippen molar-refractivity contribution in [2.45, 2.75) is 92.5 Å². The summed E-state index contributed by atoms with van der Waals surface area (Å²) in [6.07, 6.45) is 0. The van der Waals surface area contributed by atoms with Crippen LogP contribution < -0.4 is 66.3 Å². The molecule has 0 atom stereocenters. The zero-order valence-corrected chi connectivity index (χ0v) is 66.0. The maximum Gasteiger partial charge on any atom is 0.123 e. The largest absolute Gasteiger partial charge is 0.489 e. The van der Waals surface area contributed by atoms with E-state index in [1.807, 2.05) is 370 Å². The molecule has 0 aliphatic carbocycles. The molecule has 14 heteroatoms. The molecule has 0 saturated carbocycles. The Morgan fingerprint density at radius 2 is 0.218 bits per heavy atom. The van der Waals surface area contributed by atoms with E-state index >= 15 is 0 Å². The summed E-state index contributed by atoms with van der Waals surface area (Å²) in [5, 5.41) is 0.